The third kappa shape index (κ3) is 3.24. The second-order valence-electron chi connectivity index (χ2n) is 4.58. The number of aromatic hydroxyl groups is 1. The molecule has 21 heavy (non-hydrogen) atoms. The minimum Gasteiger partial charge on any atom is -0.508 e. The highest BCUT2D eigenvalue weighted by molar-refractivity contribution is 6.32. The van der Waals surface area contributed by atoms with Gasteiger partial charge >= 0.3 is 0 Å². The zero-order valence-electron chi connectivity index (χ0n) is 11.9. The third-order valence-corrected chi connectivity index (χ3v) is 3.52. The van der Waals surface area contributed by atoms with Crippen LogP contribution in [0.25, 0.3) is 0 Å². The molecule has 0 unspecified atom stereocenters. The van der Waals surface area contributed by atoms with E-state index in [1.54, 1.807) is 13.0 Å². The second-order valence-corrected chi connectivity index (χ2v) is 4.99. The standard InChI is InChI=1S/C17H16ClNO2/c1-4-12-6-5-7-15(19-3)13(12)10-21-17-8-11(2)16(20)9-14(17)18/h1,5-9,19-20H,10H2,2-3H3. The Morgan fingerprint density at radius 2 is 2.14 bits per heavy atom. The van der Waals surface area contributed by atoms with Crippen molar-refractivity contribution in [2.45, 2.75) is 13.5 Å². The van der Waals surface area contributed by atoms with E-state index in [9.17, 15) is 5.11 Å². The molecule has 0 bridgehead atoms. The molecule has 0 atom stereocenters. The Kier molecular flexibility index (Phi) is 4.62. The highest BCUT2D eigenvalue weighted by atomic mass is 35.5. The molecule has 0 radical (unpaired) electrons. The molecule has 0 spiro atoms. The maximum atomic E-state index is 9.60. The van der Waals surface area contributed by atoms with E-state index in [1.807, 2.05) is 25.2 Å². The lowest BCUT2D eigenvalue weighted by molar-refractivity contribution is 0.306. The summed E-state index contributed by atoms with van der Waals surface area (Å²) in [5, 5.41) is 13.1. The Morgan fingerprint density at radius 3 is 2.81 bits per heavy atom. The minimum absolute atomic E-state index is 0.146. The Labute approximate surface area is 129 Å². The van der Waals surface area contributed by atoms with Crippen molar-refractivity contribution >= 4 is 17.3 Å². The second kappa shape index (κ2) is 6.43. The topological polar surface area (TPSA) is 41.5 Å². The molecule has 0 aliphatic carbocycles. The summed E-state index contributed by atoms with van der Waals surface area (Å²) in [6.45, 7) is 2.08. The van der Waals surface area contributed by atoms with E-state index in [-0.39, 0.29) is 5.75 Å². The Morgan fingerprint density at radius 1 is 1.38 bits per heavy atom. The first kappa shape index (κ1) is 15.1. The highest BCUT2D eigenvalue weighted by Gasteiger charge is 2.10. The maximum Gasteiger partial charge on any atom is 0.138 e. The number of ether oxygens (including phenoxy) is 1. The summed E-state index contributed by atoms with van der Waals surface area (Å²) in [6, 6.07) is 8.86. The molecule has 4 heteroatoms. The van der Waals surface area contributed by atoms with Crippen molar-refractivity contribution in [3.8, 4) is 23.8 Å². The molecule has 0 saturated carbocycles. The van der Waals surface area contributed by atoms with Crippen molar-refractivity contribution in [1.29, 1.82) is 0 Å². The van der Waals surface area contributed by atoms with Gasteiger partial charge < -0.3 is 15.2 Å². The zero-order valence-corrected chi connectivity index (χ0v) is 12.7. The molecule has 0 aliphatic heterocycles. The molecule has 3 nitrogen and oxygen atoms in total. The molecule has 108 valence electrons. The lowest BCUT2D eigenvalue weighted by atomic mass is 10.1. The predicted octanol–water partition coefficient (Wildman–Crippen LogP) is 3.96. The number of terminal acetylenes is 1. The van der Waals surface area contributed by atoms with E-state index < -0.39 is 0 Å². The largest absolute Gasteiger partial charge is 0.508 e. The third-order valence-electron chi connectivity index (χ3n) is 3.22. The summed E-state index contributed by atoms with van der Waals surface area (Å²) in [4.78, 5) is 0. The smallest absolute Gasteiger partial charge is 0.138 e. The number of anilines is 1. The van der Waals surface area contributed by atoms with Gasteiger partial charge in [0.25, 0.3) is 0 Å². The Bertz CT molecular complexity index is 705. The van der Waals surface area contributed by atoms with Crippen molar-refractivity contribution in [3.63, 3.8) is 0 Å². The van der Waals surface area contributed by atoms with Gasteiger partial charge in [0.15, 0.2) is 0 Å². The van der Waals surface area contributed by atoms with Crippen LogP contribution >= 0.6 is 11.6 Å². The van der Waals surface area contributed by atoms with E-state index in [4.69, 9.17) is 22.8 Å². The minimum atomic E-state index is 0.146. The molecule has 0 fully saturated rings. The van der Waals surface area contributed by atoms with Gasteiger partial charge in [-0.25, -0.2) is 0 Å². The number of phenols is 1. The fraction of sp³-hybridized carbons (Fsp3) is 0.176. The van der Waals surface area contributed by atoms with Crippen LogP contribution < -0.4 is 10.1 Å². The highest BCUT2D eigenvalue weighted by Crippen LogP contribution is 2.32. The number of benzene rings is 2. The fourth-order valence-electron chi connectivity index (χ4n) is 2.02. The van der Waals surface area contributed by atoms with Crippen LogP contribution in [0.5, 0.6) is 11.5 Å². The van der Waals surface area contributed by atoms with E-state index >= 15 is 0 Å². The van der Waals surface area contributed by atoms with E-state index in [1.165, 1.54) is 6.07 Å². The number of rotatable bonds is 4. The molecular weight excluding hydrogens is 286 g/mol. The van der Waals surface area contributed by atoms with E-state index in [0.29, 0.717) is 22.9 Å². The molecule has 0 aromatic heterocycles. The molecule has 0 saturated heterocycles. The van der Waals surface area contributed by atoms with Gasteiger partial charge in [-0.15, -0.1) is 6.42 Å². The SMILES string of the molecule is C#Cc1cccc(NC)c1COc1cc(C)c(O)cc1Cl. The molecule has 2 rings (SSSR count). The van der Waals surface area contributed by atoms with Gasteiger partial charge in [-0.3, -0.25) is 0 Å². The van der Waals surface area contributed by atoms with Crippen molar-refractivity contribution in [1.82, 2.24) is 0 Å². The summed E-state index contributed by atoms with van der Waals surface area (Å²) in [7, 11) is 1.83. The Balaban J connectivity index is 2.29. The number of phenolic OH excluding ortho intramolecular Hbond substituents is 1. The van der Waals surface area contributed by atoms with Crippen LogP contribution in [0.15, 0.2) is 30.3 Å². The lowest BCUT2D eigenvalue weighted by Gasteiger charge is -2.14. The molecule has 0 amide bonds. The summed E-state index contributed by atoms with van der Waals surface area (Å²) in [5.41, 5.74) is 3.28. The summed E-state index contributed by atoms with van der Waals surface area (Å²) in [6.07, 6.45) is 5.52. The van der Waals surface area contributed by atoms with Crippen LogP contribution in [0.2, 0.25) is 5.02 Å². The number of nitrogens with one attached hydrogen (secondary N) is 1. The first-order valence-electron chi connectivity index (χ1n) is 6.45. The van der Waals surface area contributed by atoms with Crippen LogP contribution in [0.1, 0.15) is 16.7 Å². The van der Waals surface area contributed by atoms with Gasteiger partial charge in [0.05, 0.1) is 5.02 Å². The fourth-order valence-corrected chi connectivity index (χ4v) is 2.23. The number of aryl methyl sites for hydroxylation is 1. The molecule has 0 heterocycles. The van der Waals surface area contributed by atoms with Crippen molar-refractivity contribution < 1.29 is 9.84 Å². The van der Waals surface area contributed by atoms with Crippen LogP contribution in [0, 0.1) is 19.3 Å². The van der Waals surface area contributed by atoms with E-state index in [2.05, 4.69) is 11.2 Å². The van der Waals surface area contributed by atoms with E-state index in [0.717, 1.165) is 16.8 Å². The normalized spacial score (nSPS) is 10.0. The van der Waals surface area contributed by atoms with Crippen LogP contribution in [-0.4, -0.2) is 12.2 Å². The van der Waals surface area contributed by atoms with Crippen LogP contribution in [0.3, 0.4) is 0 Å². The van der Waals surface area contributed by atoms with Crippen molar-refractivity contribution in [2.75, 3.05) is 12.4 Å². The number of hydrogen-bond donors (Lipinski definition) is 2. The van der Waals surface area contributed by atoms with Gasteiger partial charge in [-0.05, 0) is 30.7 Å². The maximum absolute atomic E-state index is 9.60. The predicted molar refractivity (Wildman–Crippen MR) is 86.1 cm³/mol. The average molecular weight is 302 g/mol. The van der Waals surface area contributed by atoms with Crippen molar-refractivity contribution in [3.05, 3.63) is 52.0 Å². The summed E-state index contributed by atoms with van der Waals surface area (Å²) >= 11 is 6.07. The molecule has 2 N–H and O–H groups in total. The molecular formula is C17H16ClNO2. The molecule has 0 aliphatic rings. The zero-order chi connectivity index (χ0) is 15.4. The first-order valence-corrected chi connectivity index (χ1v) is 6.82. The van der Waals surface area contributed by atoms with Gasteiger partial charge in [-0.2, -0.15) is 0 Å². The van der Waals surface area contributed by atoms with Gasteiger partial charge in [0.1, 0.15) is 18.1 Å². The monoisotopic (exact) mass is 301 g/mol. The summed E-state index contributed by atoms with van der Waals surface area (Å²) < 4.78 is 5.77. The van der Waals surface area contributed by atoms with Gasteiger partial charge in [0.2, 0.25) is 0 Å². The number of halogens is 1. The van der Waals surface area contributed by atoms with Crippen LogP contribution in [0.4, 0.5) is 5.69 Å². The number of hydrogen-bond acceptors (Lipinski definition) is 3. The quantitative estimate of drug-likeness (QED) is 0.840. The van der Waals surface area contributed by atoms with Gasteiger partial charge in [0, 0.05) is 29.9 Å². The Hall–Kier alpha value is -2.31. The first-order chi connectivity index (χ1) is 10.1. The summed E-state index contributed by atoms with van der Waals surface area (Å²) in [5.74, 6) is 3.31. The molecule has 2 aromatic carbocycles. The van der Waals surface area contributed by atoms with Crippen LogP contribution in [-0.2, 0) is 6.61 Å². The lowest BCUT2D eigenvalue weighted by Crippen LogP contribution is -2.03. The van der Waals surface area contributed by atoms with Crippen molar-refractivity contribution in [2.24, 2.45) is 0 Å². The molecule has 2 aromatic rings. The van der Waals surface area contributed by atoms with Gasteiger partial charge in [-0.1, -0.05) is 23.6 Å². The average Bonchev–Trinajstić information content (AvgIpc) is 2.49.